The molecule has 186 valence electrons. The van der Waals surface area contributed by atoms with Gasteiger partial charge in [0.1, 0.15) is 18.5 Å². The molecule has 1 saturated heterocycles. The molecule has 2 aliphatic rings. The predicted molar refractivity (Wildman–Crippen MR) is 134 cm³/mol. The molecule has 0 saturated carbocycles. The highest BCUT2D eigenvalue weighted by Crippen LogP contribution is 2.43. The van der Waals surface area contributed by atoms with Gasteiger partial charge in [-0.3, -0.25) is 10.1 Å². The maximum atomic E-state index is 12.7. The van der Waals surface area contributed by atoms with Crippen LogP contribution in [0.15, 0.2) is 30.3 Å². The number of nitrogens with one attached hydrogen (secondary N) is 1. The highest BCUT2D eigenvalue weighted by atomic mass is 32.2. The summed E-state index contributed by atoms with van der Waals surface area (Å²) in [6.07, 6.45) is 1.26. The minimum absolute atomic E-state index is 0.0523. The molecule has 5 N–H and O–H groups in total. The minimum Gasteiger partial charge on any atom is -0.486 e. The van der Waals surface area contributed by atoms with E-state index in [0.29, 0.717) is 49.6 Å². The number of anilines is 2. The Labute approximate surface area is 203 Å². The molecule has 2 aliphatic heterocycles. The molecule has 4 rings (SSSR count). The number of hydrazine groups is 1. The molecular weight excluding hydrogens is 454 g/mol. The maximum absolute atomic E-state index is 12.7. The highest BCUT2D eigenvalue weighted by Gasteiger charge is 2.41. The molecule has 34 heavy (non-hydrogen) atoms. The summed E-state index contributed by atoms with van der Waals surface area (Å²) < 4.78 is 23.8. The zero-order valence-corrected chi connectivity index (χ0v) is 21.0. The van der Waals surface area contributed by atoms with Gasteiger partial charge in [0.25, 0.3) is 0 Å². The van der Waals surface area contributed by atoms with Crippen LogP contribution in [0.5, 0.6) is 5.75 Å². The van der Waals surface area contributed by atoms with Crippen molar-refractivity contribution < 1.29 is 13.7 Å². The molecule has 4 atom stereocenters. The Morgan fingerprint density at radius 1 is 1.26 bits per heavy atom. The Kier molecular flexibility index (Phi) is 7.39. The summed E-state index contributed by atoms with van der Waals surface area (Å²) in [5.74, 6) is 8.01. The van der Waals surface area contributed by atoms with E-state index in [-0.39, 0.29) is 18.6 Å². The number of morpholine rings is 1. The van der Waals surface area contributed by atoms with Gasteiger partial charge in [0.05, 0.1) is 30.0 Å². The van der Waals surface area contributed by atoms with Crippen molar-refractivity contribution in [2.24, 2.45) is 11.6 Å². The normalized spacial score (nSPS) is 21.9. The summed E-state index contributed by atoms with van der Waals surface area (Å²) in [4.78, 5) is 11.9. The van der Waals surface area contributed by atoms with Gasteiger partial charge in [0.15, 0.2) is 11.6 Å². The Hall–Kier alpha value is -2.31. The van der Waals surface area contributed by atoms with Crippen molar-refractivity contribution >= 4 is 22.6 Å². The number of aromatic nitrogens is 2. The van der Waals surface area contributed by atoms with E-state index >= 15 is 0 Å². The lowest BCUT2D eigenvalue weighted by atomic mass is 10.0. The van der Waals surface area contributed by atoms with Crippen LogP contribution in [0.25, 0.3) is 0 Å². The number of benzene rings is 1. The van der Waals surface area contributed by atoms with Crippen molar-refractivity contribution in [1.82, 2.24) is 15.0 Å². The van der Waals surface area contributed by atoms with Crippen LogP contribution in [0.2, 0.25) is 0 Å². The summed E-state index contributed by atoms with van der Waals surface area (Å²) in [6.45, 7) is 8.28. The van der Waals surface area contributed by atoms with E-state index in [2.05, 4.69) is 17.1 Å². The molecular formula is C23H35N7O3S. The van der Waals surface area contributed by atoms with Gasteiger partial charge in [-0.05, 0) is 26.3 Å². The fraction of sp³-hybridized carbons (Fsp3) is 0.565. The second kappa shape index (κ2) is 10.1. The van der Waals surface area contributed by atoms with Gasteiger partial charge in [0.2, 0.25) is 5.95 Å². The molecule has 0 bridgehead atoms. The van der Waals surface area contributed by atoms with Crippen LogP contribution in [0.1, 0.15) is 32.0 Å². The minimum atomic E-state index is -1.20. The summed E-state index contributed by atoms with van der Waals surface area (Å²) in [5.41, 5.74) is 7.74. The summed E-state index contributed by atoms with van der Waals surface area (Å²) >= 11 is 0. The van der Waals surface area contributed by atoms with Crippen LogP contribution >= 0.6 is 0 Å². The number of nitrogens with two attached hydrogens (primary N) is 2. The van der Waals surface area contributed by atoms with Crippen molar-refractivity contribution in [1.29, 1.82) is 0 Å². The molecule has 2 aromatic rings. The standard InChI is InChI=1S/C23H35N7O3S/c1-15-12-32-13-17-14-33-19-20(23(2,3)34(4)31)27-22(28-21(19)30(15)17)26-18(10-24)29(25)11-16-8-6-5-7-9-16/h5-9,15,17-18H,10-14,24-25H2,1-4H3,(H,26,27,28)/t15-,17+,18?,34?/m1/s1. The zero-order chi connectivity index (χ0) is 24.5. The van der Waals surface area contributed by atoms with E-state index in [9.17, 15) is 4.21 Å². The van der Waals surface area contributed by atoms with E-state index in [0.717, 1.165) is 5.56 Å². The van der Waals surface area contributed by atoms with Gasteiger partial charge in [-0.1, -0.05) is 30.3 Å². The van der Waals surface area contributed by atoms with E-state index in [4.69, 9.17) is 31.0 Å². The molecule has 1 fully saturated rings. The topological polar surface area (TPSA) is 132 Å². The molecule has 0 spiro atoms. The molecule has 3 heterocycles. The third-order valence-electron chi connectivity index (χ3n) is 6.47. The first-order valence-corrected chi connectivity index (χ1v) is 13.0. The molecule has 1 aromatic heterocycles. The van der Waals surface area contributed by atoms with Crippen LogP contribution in [0.3, 0.4) is 0 Å². The SMILES string of the molecule is C[C@@H]1COC[C@H]2COc3c(nc(NC(CN)N(N)Cc4ccccc4)nc3C(C)(C)S(C)=O)N21. The first-order valence-electron chi connectivity index (χ1n) is 11.5. The Balaban J connectivity index is 1.71. The lowest BCUT2D eigenvalue weighted by molar-refractivity contribution is 0.0482. The Morgan fingerprint density at radius 2 is 2.00 bits per heavy atom. The van der Waals surface area contributed by atoms with Crippen molar-refractivity contribution in [2.45, 2.75) is 50.3 Å². The quantitative estimate of drug-likeness (QED) is 0.282. The van der Waals surface area contributed by atoms with E-state index in [1.165, 1.54) is 0 Å². The van der Waals surface area contributed by atoms with Crippen LogP contribution in [0, 0.1) is 0 Å². The first kappa shape index (κ1) is 24.8. The second-order valence-electron chi connectivity index (χ2n) is 9.33. The highest BCUT2D eigenvalue weighted by molar-refractivity contribution is 7.85. The largest absolute Gasteiger partial charge is 0.486 e. The summed E-state index contributed by atoms with van der Waals surface area (Å²) in [7, 11) is -1.20. The van der Waals surface area contributed by atoms with Crippen LogP contribution in [0.4, 0.5) is 11.8 Å². The van der Waals surface area contributed by atoms with Crippen molar-refractivity contribution in [3.63, 3.8) is 0 Å². The second-order valence-corrected chi connectivity index (χ2v) is 11.3. The van der Waals surface area contributed by atoms with Crippen LogP contribution in [-0.2, 0) is 26.8 Å². The molecule has 10 nitrogen and oxygen atoms in total. The van der Waals surface area contributed by atoms with Crippen molar-refractivity contribution in [3.8, 4) is 5.75 Å². The molecule has 0 aliphatic carbocycles. The zero-order valence-electron chi connectivity index (χ0n) is 20.2. The lowest BCUT2D eigenvalue weighted by Gasteiger charge is -2.45. The third kappa shape index (κ3) is 4.89. The predicted octanol–water partition coefficient (Wildman–Crippen LogP) is 1.15. The number of ether oxygens (including phenoxy) is 2. The number of rotatable bonds is 8. The molecule has 11 heteroatoms. The third-order valence-corrected chi connectivity index (χ3v) is 8.10. The molecule has 0 amide bonds. The average molecular weight is 490 g/mol. The average Bonchev–Trinajstić information content (AvgIpc) is 2.82. The number of fused-ring (bicyclic) bond motifs is 3. The summed E-state index contributed by atoms with van der Waals surface area (Å²) in [5, 5.41) is 4.94. The van der Waals surface area contributed by atoms with Crippen LogP contribution < -0.4 is 26.5 Å². The van der Waals surface area contributed by atoms with Crippen LogP contribution in [-0.4, -0.2) is 70.1 Å². The van der Waals surface area contributed by atoms with E-state index in [1.54, 1.807) is 11.3 Å². The Morgan fingerprint density at radius 3 is 2.68 bits per heavy atom. The maximum Gasteiger partial charge on any atom is 0.226 e. The molecule has 2 unspecified atom stereocenters. The number of hydrogen-bond acceptors (Lipinski definition) is 10. The summed E-state index contributed by atoms with van der Waals surface area (Å²) in [6, 6.07) is 10.1. The molecule has 1 aromatic carbocycles. The smallest absolute Gasteiger partial charge is 0.226 e. The van der Waals surface area contributed by atoms with Crippen molar-refractivity contribution in [2.75, 3.05) is 42.8 Å². The fourth-order valence-corrected chi connectivity index (χ4v) is 4.68. The fourth-order valence-electron chi connectivity index (χ4n) is 4.27. The first-order chi connectivity index (χ1) is 16.2. The molecule has 0 radical (unpaired) electrons. The van der Waals surface area contributed by atoms with E-state index < -0.39 is 21.7 Å². The van der Waals surface area contributed by atoms with Gasteiger partial charge in [-0.15, -0.1) is 0 Å². The van der Waals surface area contributed by atoms with Gasteiger partial charge >= 0.3 is 0 Å². The van der Waals surface area contributed by atoms with Gasteiger partial charge in [-0.2, -0.15) is 4.98 Å². The van der Waals surface area contributed by atoms with Gasteiger partial charge < -0.3 is 25.4 Å². The van der Waals surface area contributed by atoms with Gasteiger partial charge in [0, 0.05) is 30.1 Å². The van der Waals surface area contributed by atoms with Gasteiger partial charge in [-0.25, -0.2) is 9.99 Å². The lowest BCUT2D eigenvalue weighted by Crippen LogP contribution is -2.56. The Bertz CT molecular complexity index is 1020. The number of hydrogen-bond donors (Lipinski definition) is 3. The van der Waals surface area contributed by atoms with E-state index in [1.807, 2.05) is 44.2 Å². The monoisotopic (exact) mass is 489 g/mol. The van der Waals surface area contributed by atoms with Crippen molar-refractivity contribution in [3.05, 3.63) is 41.6 Å². The number of nitrogens with zero attached hydrogens (tertiary/aromatic N) is 4.